The molecule has 6 nitrogen and oxygen atoms in total. The van der Waals surface area contributed by atoms with Crippen molar-refractivity contribution >= 4 is 40.3 Å². The fourth-order valence-electron chi connectivity index (χ4n) is 2.35. The molecule has 2 aromatic rings. The molecule has 0 radical (unpaired) electrons. The van der Waals surface area contributed by atoms with Crippen molar-refractivity contribution in [1.82, 2.24) is 14.9 Å². The number of aromatic nitrogens is 2. The number of rotatable bonds is 10. The molecule has 1 heterocycles. The molecule has 1 N–H and O–H groups in total. The van der Waals surface area contributed by atoms with Crippen LogP contribution in [0.15, 0.2) is 23.4 Å². The molecule has 25 heavy (non-hydrogen) atoms. The summed E-state index contributed by atoms with van der Waals surface area (Å²) in [5, 5.41) is 4.10. The highest BCUT2D eigenvalue weighted by Gasteiger charge is 2.19. The molecule has 1 aromatic carbocycles. The molecule has 2 rings (SSSR count). The summed E-state index contributed by atoms with van der Waals surface area (Å²) in [6.45, 7) is 4.35. The summed E-state index contributed by atoms with van der Waals surface area (Å²) in [5.41, 5.74) is 1.80. The van der Waals surface area contributed by atoms with Gasteiger partial charge in [0, 0.05) is 38.9 Å². The van der Waals surface area contributed by atoms with E-state index in [1.807, 2.05) is 25.1 Å². The SMILES string of the molecule is COCCCNC(=O)C(C)Sc1nc2cc(Cl)ccc2n1CCOC. The van der Waals surface area contributed by atoms with Crippen LogP contribution >= 0.6 is 23.4 Å². The van der Waals surface area contributed by atoms with Gasteiger partial charge in [0.25, 0.3) is 0 Å². The maximum atomic E-state index is 12.2. The third-order valence-corrected chi connectivity index (χ3v) is 5.00. The number of halogens is 1. The molecule has 0 bridgehead atoms. The summed E-state index contributed by atoms with van der Waals surface area (Å²) in [4.78, 5) is 16.9. The minimum absolute atomic E-state index is 0.00974. The Morgan fingerprint density at radius 2 is 2.12 bits per heavy atom. The molecule has 1 unspecified atom stereocenters. The van der Waals surface area contributed by atoms with Gasteiger partial charge in [-0.05, 0) is 31.5 Å². The van der Waals surface area contributed by atoms with Crippen LogP contribution in [0.3, 0.4) is 0 Å². The first kappa shape index (κ1) is 20.0. The molecule has 0 aliphatic carbocycles. The Hall–Kier alpha value is -1.28. The van der Waals surface area contributed by atoms with E-state index in [0.717, 1.165) is 22.6 Å². The van der Waals surface area contributed by atoms with E-state index in [4.69, 9.17) is 21.1 Å². The number of thioether (sulfide) groups is 1. The molecule has 0 aliphatic rings. The van der Waals surface area contributed by atoms with Crippen LogP contribution in [0.25, 0.3) is 11.0 Å². The Balaban J connectivity index is 2.11. The zero-order valence-electron chi connectivity index (χ0n) is 14.8. The average Bonchev–Trinajstić information content (AvgIpc) is 2.92. The van der Waals surface area contributed by atoms with Gasteiger partial charge in [-0.15, -0.1) is 0 Å². The predicted octanol–water partition coefficient (Wildman–Crippen LogP) is 2.97. The highest BCUT2D eigenvalue weighted by atomic mass is 35.5. The minimum atomic E-state index is -0.254. The Bertz CT molecular complexity index is 708. The summed E-state index contributed by atoms with van der Waals surface area (Å²) >= 11 is 7.50. The van der Waals surface area contributed by atoms with Crippen molar-refractivity contribution in [1.29, 1.82) is 0 Å². The van der Waals surface area contributed by atoms with Crippen LogP contribution in [0.4, 0.5) is 0 Å². The second-order valence-electron chi connectivity index (χ2n) is 5.57. The van der Waals surface area contributed by atoms with E-state index in [0.29, 0.717) is 31.3 Å². The fraction of sp³-hybridized carbons (Fsp3) is 0.529. The van der Waals surface area contributed by atoms with Gasteiger partial charge in [0.05, 0.1) is 22.9 Å². The van der Waals surface area contributed by atoms with Crippen molar-refractivity contribution in [2.24, 2.45) is 0 Å². The van der Waals surface area contributed by atoms with Crippen LogP contribution < -0.4 is 5.32 Å². The topological polar surface area (TPSA) is 65.4 Å². The first-order chi connectivity index (χ1) is 12.1. The van der Waals surface area contributed by atoms with Crippen molar-refractivity contribution in [3.63, 3.8) is 0 Å². The Labute approximate surface area is 157 Å². The van der Waals surface area contributed by atoms with Gasteiger partial charge in [-0.25, -0.2) is 4.98 Å². The molecule has 0 saturated heterocycles. The maximum Gasteiger partial charge on any atom is 0.233 e. The average molecular weight is 386 g/mol. The smallest absolute Gasteiger partial charge is 0.233 e. The number of fused-ring (bicyclic) bond motifs is 1. The number of methoxy groups -OCH3 is 2. The van der Waals surface area contributed by atoms with E-state index in [-0.39, 0.29) is 11.2 Å². The summed E-state index contributed by atoms with van der Waals surface area (Å²) in [5.74, 6) is -0.00974. The van der Waals surface area contributed by atoms with Crippen molar-refractivity contribution in [3.05, 3.63) is 23.2 Å². The van der Waals surface area contributed by atoms with Crippen LogP contribution in [-0.4, -0.2) is 54.7 Å². The number of carbonyl (C=O) groups excluding carboxylic acids is 1. The third-order valence-electron chi connectivity index (χ3n) is 3.67. The number of nitrogens with one attached hydrogen (secondary N) is 1. The molecule has 138 valence electrons. The zero-order valence-corrected chi connectivity index (χ0v) is 16.3. The Morgan fingerprint density at radius 1 is 1.36 bits per heavy atom. The monoisotopic (exact) mass is 385 g/mol. The van der Waals surface area contributed by atoms with Crippen molar-refractivity contribution in [2.45, 2.75) is 30.3 Å². The van der Waals surface area contributed by atoms with Gasteiger partial charge in [0.1, 0.15) is 0 Å². The van der Waals surface area contributed by atoms with E-state index in [1.165, 1.54) is 11.8 Å². The first-order valence-corrected chi connectivity index (χ1v) is 9.40. The van der Waals surface area contributed by atoms with E-state index in [9.17, 15) is 4.79 Å². The molecule has 0 spiro atoms. The molecule has 0 saturated carbocycles. The number of hydrogen-bond donors (Lipinski definition) is 1. The van der Waals surface area contributed by atoms with Gasteiger partial charge < -0.3 is 19.4 Å². The van der Waals surface area contributed by atoms with Crippen molar-refractivity contribution in [2.75, 3.05) is 34.0 Å². The lowest BCUT2D eigenvalue weighted by Gasteiger charge is -2.13. The summed E-state index contributed by atoms with van der Waals surface area (Å²) in [6, 6.07) is 5.62. The predicted molar refractivity (Wildman–Crippen MR) is 101 cm³/mol. The third kappa shape index (κ3) is 5.60. The lowest BCUT2D eigenvalue weighted by atomic mass is 10.3. The summed E-state index contributed by atoms with van der Waals surface area (Å²) < 4.78 is 12.2. The molecular formula is C17H24ClN3O3S. The molecular weight excluding hydrogens is 362 g/mol. The van der Waals surface area contributed by atoms with Gasteiger partial charge in [-0.1, -0.05) is 23.4 Å². The van der Waals surface area contributed by atoms with Crippen molar-refractivity contribution < 1.29 is 14.3 Å². The molecule has 0 fully saturated rings. The number of benzene rings is 1. The minimum Gasteiger partial charge on any atom is -0.385 e. The number of nitrogens with zero attached hydrogens (tertiary/aromatic N) is 2. The van der Waals surface area contributed by atoms with Gasteiger partial charge >= 0.3 is 0 Å². The van der Waals surface area contributed by atoms with Crippen LogP contribution in [0.2, 0.25) is 5.02 Å². The highest BCUT2D eigenvalue weighted by molar-refractivity contribution is 8.00. The summed E-state index contributed by atoms with van der Waals surface area (Å²) in [7, 11) is 3.32. The zero-order chi connectivity index (χ0) is 18.2. The molecule has 0 aliphatic heterocycles. The van der Waals surface area contributed by atoms with E-state index >= 15 is 0 Å². The first-order valence-electron chi connectivity index (χ1n) is 8.15. The van der Waals surface area contributed by atoms with Crippen LogP contribution in [0, 0.1) is 0 Å². The van der Waals surface area contributed by atoms with E-state index in [1.54, 1.807) is 14.2 Å². The Morgan fingerprint density at radius 3 is 2.84 bits per heavy atom. The van der Waals surface area contributed by atoms with Crippen LogP contribution in [0.5, 0.6) is 0 Å². The van der Waals surface area contributed by atoms with Crippen LogP contribution in [0.1, 0.15) is 13.3 Å². The van der Waals surface area contributed by atoms with Gasteiger partial charge in [-0.3, -0.25) is 4.79 Å². The van der Waals surface area contributed by atoms with E-state index in [2.05, 4.69) is 14.9 Å². The van der Waals surface area contributed by atoms with Gasteiger partial charge in [0.15, 0.2) is 5.16 Å². The number of amides is 1. The lowest BCUT2D eigenvalue weighted by molar-refractivity contribution is -0.120. The van der Waals surface area contributed by atoms with Crippen molar-refractivity contribution in [3.8, 4) is 0 Å². The largest absolute Gasteiger partial charge is 0.385 e. The summed E-state index contributed by atoms with van der Waals surface area (Å²) in [6.07, 6.45) is 0.796. The fourth-order valence-corrected chi connectivity index (χ4v) is 3.49. The quantitative estimate of drug-likeness (QED) is 0.503. The molecule has 1 aromatic heterocycles. The standard InChI is InChI=1S/C17H24ClN3O3S/c1-12(16(22)19-7-4-9-23-2)25-17-20-14-11-13(18)5-6-15(14)21(17)8-10-24-3/h5-6,11-12H,4,7-10H2,1-3H3,(H,19,22). The van der Waals surface area contributed by atoms with E-state index < -0.39 is 0 Å². The number of hydrogen-bond acceptors (Lipinski definition) is 5. The second kappa shape index (κ2) is 10.0. The van der Waals surface area contributed by atoms with Gasteiger partial charge in [0.2, 0.25) is 5.91 Å². The van der Waals surface area contributed by atoms with Gasteiger partial charge in [-0.2, -0.15) is 0 Å². The molecule has 8 heteroatoms. The number of carbonyl (C=O) groups is 1. The molecule has 1 atom stereocenters. The molecule has 1 amide bonds. The number of imidazole rings is 1. The second-order valence-corrected chi connectivity index (χ2v) is 7.31. The normalized spacial score (nSPS) is 12.5. The van der Waals surface area contributed by atoms with Crippen LogP contribution in [-0.2, 0) is 20.8 Å². The number of ether oxygens (including phenoxy) is 2. The highest BCUT2D eigenvalue weighted by Crippen LogP contribution is 2.28. The lowest BCUT2D eigenvalue weighted by Crippen LogP contribution is -2.32. The maximum absolute atomic E-state index is 12.2. The Kier molecular flexibility index (Phi) is 8.02.